The third-order valence-electron chi connectivity index (χ3n) is 4.51. The number of benzene rings is 1. The SMILES string of the molecule is O=C(NC1(C(=O)O)CCC1)c1ccc(=O)n(Cc2ccccc2Cl)c1. The largest absolute Gasteiger partial charge is 0.480 e. The number of carbonyl (C=O) groups excluding carboxylic acids is 1. The van der Waals surface area contributed by atoms with Crippen molar-refractivity contribution in [1.29, 1.82) is 0 Å². The second-order valence-electron chi connectivity index (χ2n) is 6.17. The summed E-state index contributed by atoms with van der Waals surface area (Å²) < 4.78 is 1.38. The van der Waals surface area contributed by atoms with Crippen molar-refractivity contribution in [3.8, 4) is 0 Å². The normalized spacial score (nSPS) is 15.2. The standard InChI is InChI=1S/C18H17ClN2O4/c19-14-5-2-1-4-12(14)10-21-11-13(6-7-15(21)22)16(23)20-18(17(24)25)8-3-9-18/h1-2,4-7,11H,3,8-10H2,(H,20,23)(H,24,25). The van der Waals surface area contributed by atoms with Crippen LogP contribution < -0.4 is 10.9 Å². The van der Waals surface area contributed by atoms with Gasteiger partial charge in [-0.2, -0.15) is 0 Å². The minimum Gasteiger partial charge on any atom is -0.480 e. The highest BCUT2D eigenvalue weighted by Gasteiger charge is 2.45. The Balaban J connectivity index is 1.84. The highest BCUT2D eigenvalue weighted by atomic mass is 35.5. The van der Waals surface area contributed by atoms with E-state index >= 15 is 0 Å². The zero-order valence-corrected chi connectivity index (χ0v) is 14.1. The van der Waals surface area contributed by atoms with Crippen molar-refractivity contribution in [2.24, 2.45) is 0 Å². The van der Waals surface area contributed by atoms with Crippen molar-refractivity contribution < 1.29 is 14.7 Å². The van der Waals surface area contributed by atoms with Crippen LogP contribution in [-0.4, -0.2) is 27.1 Å². The molecule has 25 heavy (non-hydrogen) atoms. The number of halogens is 1. The fourth-order valence-electron chi connectivity index (χ4n) is 2.81. The maximum absolute atomic E-state index is 12.4. The zero-order valence-electron chi connectivity index (χ0n) is 13.4. The van der Waals surface area contributed by atoms with Crippen LogP contribution in [0.2, 0.25) is 5.02 Å². The lowest BCUT2D eigenvalue weighted by molar-refractivity contribution is -0.148. The second-order valence-corrected chi connectivity index (χ2v) is 6.58. The molecule has 2 aromatic rings. The van der Waals surface area contributed by atoms with Gasteiger partial charge in [0, 0.05) is 17.3 Å². The van der Waals surface area contributed by atoms with Gasteiger partial charge in [0.15, 0.2) is 0 Å². The van der Waals surface area contributed by atoms with Crippen LogP contribution in [0.3, 0.4) is 0 Å². The number of carboxylic acids is 1. The molecule has 3 rings (SSSR count). The highest BCUT2D eigenvalue weighted by Crippen LogP contribution is 2.32. The van der Waals surface area contributed by atoms with Gasteiger partial charge < -0.3 is 15.0 Å². The first kappa shape index (κ1) is 17.2. The first-order valence-corrected chi connectivity index (χ1v) is 8.29. The molecule has 7 heteroatoms. The summed E-state index contributed by atoms with van der Waals surface area (Å²) in [5.41, 5.74) is -0.474. The van der Waals surface area contributed by atoms with Crippen molar-refractivity contribution in [2.45, 2.75) is 31.3 Å². The van der Waals surface area contributed by atoms with Gasteiger partial charge in [0.05, 0.1) is 12.1 Å². The third-order valence-corrected chi connectivity index (χ3v) is 4.88. The Morgan fingerprint density at radius 2 is 1.92 bits per heavy atom. The van der Waals surface area contributed by atoms with E-state index in [0.29, 0.717) is 17.9 Å². The molecule has 1 saturated carbocycles. The molecule has 1 fully saturated rings. The molecule has 2 N–H and O–H groups in total. The molecule has 1 aliphatic carbocycles. The Morgan fingerprint density at radius 1 is 1.20 bits per heavy atom. The fraction of sp³-hybridized carbons (Fsp3) is 0.278. The Morgan fingerprint density at radius 3 is 2.52 bits per heavy atom. The molecule has 1 aromatic carbocycles. The van der Waals surface area contributed by atoms with Crippen molar-refractivity contribution in [2.75, 3.05) is 0 Å². The summed E-state index contributed by atoms with van der Waals surface area (Å²) in [6.07, 6.45) is 3.01. The van der Waals surface area contributed by atoms with Crippen LogP contribution in [0.25, 0.3) is 0 Å². The summed E-state index contributed by atoms with van der Waals surface area (Å²) >= 11 is 6.12. The van der Waals surface area contributed by atoms with E-state index in [1.165, 1.54) is 22.9 Å². The number of nitrogens with one attached hydrogen (secondary N) is 1. The number of carbonyl (C=O) groups is 2. The molecule has 1 aromatic heterocycles. The molecule has 6 nitrogen and oxygen atoms in total. The van der Waals surface area contributed by atoms with Crippen LogP contribution in [0.1, 0.15) is 35.2 Å². The van der Waals surface area contributed by atoms with E-state index in [9.17, 15) is 19.5 Å². The number of amides is 1. The smallest absolute Gasteiger partial charge is 0.329 e. The van der Waals surface area contributed by atoms with E-state index < -0.39 is 17.4 Å². The van der Waals surface area contributed by atoms with Crippen LogP contribution in [0.4, 0.5) is 0 Å². The quantitative estimate of drug-likeness (QED) is 0.856. The van der Waals surface area contributed by atoms with Gasteiger partial charge in [-0.3, -0.25) is 9.59 Å². The average Bonchev–Trinajstić information content (AvgIpc) is 2.54. The van der Waals surface area contributed by atoms with Gasteiger partial charge in [0.25, 0.3) is 11.5 Å². The number of carboxylic acid groups (broad SMARTS) is 1. The van der Waals surface area contributed by atoms with E-state index in [4.69, 9.17) is 11.6 Å². The monoisotopic (exact) mass is 360 g/mol. The van der Waals surface area contributed by atoms with Gasteiger partial charge in [-0.15, -0.1) is 0 Å². The molecule has 0 aliphatic heterocycles. The number of rotatable bonds is 5. The van der Waals surface area contributed by atoms with Crippen molar-refractivity contribution in [1.82, 2.24) is 9.88 Å². The van der Waals surface area contributed by atoms with Gasteiger partial charge in [0.2, 0.25) is 0 Å². The Labute approximate surface area is 149 Å². The molecular formula is C18H17ClN2O4. The first-order chi connectivity index (χ1) is 11.9. The van der Waals surface area contributed by atoms with Crippen LogP contribution >= 0.6 is 11.6 Å². The molecule has 0 saturated heterocycles. The first-order valence-electron chi connectivity index (χ1n) is 7.91. The van der Waals surface area contributed by atoms with Crippen molar-refractivity contribution >= 4 is 23.5 Å². The molecule has 1 aliphatic rings. The lowest BCUT2D eigenvalue weighted by Crippen LogP contribution is -2.59. The van der Waals surface area contributed by atoms with E-state index in [-0.39, 0.29) is 17.7 Å². The number of aliphatic carboxylic acids is 1. The lowest BCUT2D eigenvalue weighted by atomic mass is 9.76. The number of pyridine rings is 1. The minimum atomic E-state index is -1.19. The molecule has 0 spiro atoms. The summed E-state index contributed by atoms with van der Waals surface area (Å²) in [5.74, 6) is -1.54. The van der Waals surface area contributed by atoms with E-state index in [0.717, 1.165) is 12.0 Å². The Kier molecular flexibility index (Phi) is 4.63. The predicted molar refractivity (Wildman–Crippen MR) is 92.9 cm³/mol. The lowest BCUT2D eigenvalue weighted by Gasteiger charge is -2.38. The van der Waals surface area contributed by atoms with E-state index in [1.54, 1.807) is 18.2 Å². The molecule has 0 bridgehead atoms. The highest BCUT2D eigenvalue weighted by molar-refractivity contribution is 6.31. The maximum Gasteiger partial charge on any atom is 0.329 e. The van der Waals surface area contributed by atoms with Gasteiger partial charge in [0.1, 0.15) is 5.54 Å². The molecule has 0 atom stereocenters. The number of nitrogens with zero attached hydrogens (tertiary/aromatic N) is 1. The molecule has 1 heterocycles. The summed E-state index contributed by atoms with van der Waals surface area (Å²) in [6, 6.07) is 9.83. The molecule has 0 radical (unpaired) electrons. The summed E-state index contributed by atoms with van der Waals surface area (Å²) in [7, 11) is 0. The van der Waals surface area contributed by atoms with E-state index in [2.05, 4.69) is 5.32 Å². The Hall–Kier alpha value is -2.60. The Bertz CT molecular complexity index is 887. The molecular weight excluding hydrogens is 344 g/mol. The van der Waals surface area contributed by atoms with Gasteiger partial charge in [-0.05, 0) is 37.0 Å². The number of hydrogen-bond donors (Lipinski definition) is 2. The number of aromatic nitrogens is 1. The van der Waals surface area contributed by atoms with E-state index in [1.807, 2.05) is 6.07 Å². The number of hydrogen-bond acceptors (Lipinski definition) is 3. The maximum atomic E-state index is 12.4. The van der Waals surface area contributed by atoms with Crippen molar-refractivity contribution in [3.05, 3.63) is 69.1 Å². The van der Waals surface area contributed by atoms with Crippen LogP contribution in [0, 0.1) is 0 Å². The topological polar surface area (TPSA) is 88.4 Å². The summed E-state index contributed by atoms with van der Waals surface area (Å²) in [6.45, 7) is 0.226. The summed E-state index contributed by atoms with van der Waals surface area (Å²) in [5, 5.41) is 12.4. The van der Waals surface area contributed by atoms with Crippen LogP contribution in [0.15, 0.2) is 47.4 Å². The molecule has 1 amide bonds. The minimum absolute atomic E-state index is 0.226. The second kappa shape index (κ2) is 6.72. The van der Waals surface area contributed by atoms with Crippen molar-refractivity contribution in [3.63, 3.8) is 0 Å². The molecule has 130 valence electrons. The predicted octanol–water partition coefficient (Wildman–Crippen LogP) is 2.29. The van der Waals surface area contributed by atoms with Crippen LogP contribution in [-0.2, 0) is 11.3 Å². The average molecular weight is 361 g/mol. The molecule has 0 unspecified atom stereocenters. The van der Waals surface area contributed by atoms with Gasteiger partial charge >= 0.3 is 5.97 Å². The third kappa shape index (κ3) is 3.44. The summed E-state index contributed by atoms with van der Waals surface area (Å²) in [4.78, 5) is 35.9. The zero-order chi connectivity index (χ0) is 18.0. The van der Waals surface area contributed by atoms with Gasteiger partial charge in [-0.25, -0.2) is 4.79 Å². The van der Waals surface area contributed by atoms with Crippen LogP contribution in [0.5, 0.6) is 0 Å². The van der Waals surface area contributed by atoms with Gasteiger partial charge in [-0.1, -0.05) is 29.8 Å². The fourth-order valence-corrected chi connectivity index (χ4v) is 3.01.